The number of H-pyrrole nitrogens is 2. The number of aliphatic carboxylic acids is 3. The number of nitrogens with zero attached hydrogens (tertiary/aromatic N) is 2. The first kappa shape index (κ1) is 30.5. The van der Waals surface area contributed by atoms with Crippen LogP contribution in [0.1, 0.15) is 96.0 Å². The second-order valence-corrected chi connectivity index (χ2v) is 11.5. The molecule has 5 rings (SSSR count). The molecule has 44 heavy (non-hydrogen) atoms. The summed E-state index contributed by atoms with van der Waals surface area (Å²) in [4.78, 5) is 53.2. The quantitative estimate of drug-likeness (QED) is 0.195. The number of carboxylic acid groups (broad SMARTS) is 3. The first-order valence-corrected chi connectivity index (χ1v) is 14.6. The maximum absolute atomic E-state index is 12.7. The number of hydrogen-bond acceptors (Lipinski definition) is 5. The number of allylic oxidation sites excluding steroid dienone is 1. The van der Waals surface area contributed by atoms with Gasteiger partial charge < -0.3 is 25.3 Å². The number of carboxylic acids is 3. The summed E-state index contributed by atoms with van der Waals surface area (Å²) in [5.41, 5.74) is 9.23. The van der Waals surface area contributed by atoms with Crippen LogP contribution in [0.15, 0.2) is 24.8 Å². The molecule has 0 fully saturated rings. The van der Waals surface area contributed by atoms with E-state index in [0.717, 1.165) is 44.3 Å². The molecule has 10 heteroatoms. The Kier molecular flexibility index (Phi) is 8.03. The fourth-order valence-corrected chi connectivity index (χ4v) is 6.53. The number of aryl methyl sites for hydroxylation is 3. The molecular formula is C34H36N4O6. The van der Waals surface area contributed by atoms with Crippen LogP contribution in [0.4, 0.5) is 0 Å². The van der Waals surface area contributed by atoms with Crippen molar-refractivity contribution in [1.82, 2.24) is 19.9 Å². The zero-order chi connectivity index (χ0) is 32.0. The van der Waals surface area contributed by atoms with Gasteiger partial charge in [-0.1, -0.05) is 26.5 Å². The van der Waals surface area contributed by atoms with Crippen molar-refractivity contribution in [2.45, 2.75) is 72.1 Å². The SMILES string of the molecule is C=Cc1c(C)c2cc3nc(c(CC(=O)O)c4nc(cc5[nH]c(cc1[nH]2)c(C)c5CC)C(C)=C4C(=O)O)[C@@H](CCC(=O)O)C3C. The zero-order valence-electron chi connectivity index (χ0n) is 25.5. The molecule has 2 atom stereocenters. The molecule has 3 aromatic heterocycles. The topological polar surface area (TPSA) is 169 Å². The van der Waals surface area contributed by atoms with E-state index in [1.165, 1.54) is 0 Å². The number of nitrogens with one attached hydrogen (secondary N) is 2. The van der Waals surface area contributed by atoms with E-state index in [-0.39, 0.29) is 35.6 Å². The summed E-state index contributed by atoms with van der Waals surface area (Å²) in [5, 5.41) is 29.9. The van der Waals surface area contributed by atoms with Crippen LogP contribution in [-0.2, 0) is 27.2 Å². The van der Waals surface area contributed by atoms with Crippen molar-refractivity contribution >= 4 is 57.2 Å². The monoisotopic (exact) mass is 596 g/mol. The third kappa shape index (κ3) is 5.21. The summed E-state index contributed by atoms with van der Waals surface area (Å²) in [6.07, 6.45) is 2.03. The fourth-order valence-electron chi connectivity index (χ4n) is 6.53. The molecule has 8 bridgehead atoms. The average molecular weight is 597 g/mol. The number of aromatic nitrogens is 4. The van der Waals surface area contributed by atoms with Crippen LogP contribution in [-0.4, -0.2) is 53.2 Å². The molecule has 0 saturated carbocycles. The van der Waals surface area contributed by atoms with Gasteiger partial charge in [-0.2, -0.15) is 0 Å². The molecule has 5 N–H and O–H groups in total. The number of aromatic amines is 2. The third-order valence-corrected chi connectivity index (χ3v) is 8.94. The van der Waals surface area contributed by atoms with Crippen LogP contribution in [0.3, 0.4) is 0 Å². The molecule has 0 spiro atoms. The third-order valence-electron chi connectivity index (χ3n) is 8.94. The second-order valence-electron chi connectivity index (χ2n) is 11.5. The Morgan fingerprint density at radius 2 is 1.59 bits per heavy atom. The lowest BCUT2D eigenvalue weighted by Crippen LogP contribution is -2.13. The normalized spacial score (nSPS) is 16.3. The van der Waals surface area contributed by atoms with Crippen LogP contribution >= 0.6 is 0 Å². The predicted molar refractivity (Wildman–Crippen MR) is 169 cm³/mol. The van der Waals surface area contributed by atoms with E-state index in [0.29, 0.717) is 29.1 Å². The zero-order valence-corrected chi connectivity index (χ0v) is 25.5. The van der Waals surface area contributed by atoms with Gasteiger partial charge in [-0.05, 0) is 74.1 Å². The van der Waals surface area contributed by atoms with Crippen molar-refractivity contribution in [2.24, 2.45) is 0 Å². The van der Waals surface area contributed by atoms with Crippen molar-refractivity contribution in [3.8, 4) is 0 Å². The highest BCUT2D eigenvalue weighted by Crippen LogP contribution is 2.43. The molecule has 228 valence electrons. The molecule has 10 nitrogen and oxygen atoms in total. The Bertz CT molecular complexity index is 1940. The predicted octanol–water partition coefficient (Wildman–Crippen LogP) is 6.53. The highest BCUT2D eigenvalue weighted by molar-refractivity contribution is 6.24. The van der Waals surface area contributed by atoms with Gasteiger partial charge in [-0.3, -0.25) is 14.6 Å². The molecule has 2 aliphatic heterocycles. The van der Waals surface area contributed by atoms with Gasteiger partial charge in [-0.25, -0.2) is 9.78 Å². The Morgan fingerprint density at radius 3 is 2.20 bits per heavy atom. The van der Waals surface area contributed by atoms with Gasteiger partial charge in [0.2, 0.25) is 0 Å². The molecule has 5 heterocycles. The van der Waals surface area contributed by atoms with Gasteiger partial charge in [0, 0.05) is 57.1 Å². The molecule has 0 aromatic carbocycles. The fraction of sp³-hybridized carbons (Fsp3) is 0.324. The Morgan fingerprint density at radius 1 is 0.909 bits per heavy atom. The van der Waals surface area contributed by atoms with Crippen molar-refractivity contribution < 1.29 is 29.7 Å². The molecular weight excluding hydrogens is 560 g/mol. The van der Waals surface area contributed by atoms with Gasteiger partial charge in [0.05, 0.1) is 29.1 Å². The van der Waals surface area contributed by atoms with E-state index >= 15 is 0 Å². The second kappa shape index (κ2) is 11.6. The number of fused-ring (bicyclic) bond motifs is 8. The molecule has 0 aliphatic carbocycles. The van der Waals surface area contributed by atoms with Gasteiger partial charge in [0.15, 0.2) is 0 Å². The molecule has 3 aromatic rings. The van der Waals surface area contributed by atoms with Gasteiger partial charge in [-0.15, -0.1) is 0 Å². The van der Waals surface area contributed by atoms with Gasteiger partial charge in [0.25, 0.3) is 0 Å². The van der Waals surface area contributed by atoms with E-state index in [9.17, 15) is 29.7 Å². The minimum Gasteiger partial charge on any atom is -0.481 e. The van der Waals surface area contributed by atoms with Crippen molar-refractivity contribution in [2.75, 3.05) is 0 Å². The lowest BCUT2D eigenvalue weighted by molar-refractivity contribution is -0.138. The molecule has 0 amide bonds. The Hall–Kier alpha value is -4.99. The highest BCUT2D eigenvalue weighted by Gasteiger charge is 2.35. The minimum absolute atomic E-state index is 0.0451. The van der Waals surface area contributed by atoms with Crippen LogP contribution in [0.2, 0.25) is 0 Å². The highest BCUT2D eigenvalue weighted by atomic mass is 16.4. The lowest BCUT2D eigenvalue weighted by Gasteiger charge is -2.17. The largest absolute Gasteiger partial charge is 0.481 e. The summed E-state index contributed by atoms with van der Waals surface area (Å²) in [7, 11) is 0. The first-order valence-electron chi connectivity index (χ1n) is 14.6. The molecule has 2 aliphatic rings. The van der Waals surface area contributed by atoms with Crippen molar-refractivity contribution in [3.05, 3.63) is 75.4 Å². The number of carbonyl (C=O) groups is 3. The molecule has 1 unspecified atom stereocenters. The van der Waals surface area contributed by atoms with E-state index in [1.807, 2.05) is 45.9 Å². The van der Waals surface area contributed by atoms with E-state index in [4.69, 9.17) is 9.97 Å². The molecule has 0 saturated heterocycles. The lowest BCUT2D eigenvalue weighted by atomic mass is 9.84. The van der Waals surface area contributed by atoms with Gasteiger partial charge >= 0.3 is 17.9 Å². The van der Waals surface area contributed by atoms with Crippen LogP contribution in [0.25, 0.3) is 39.3 Å². The van der Waals surface area contributed by atoms with Crippen molar-refractivity contribution in [1.29, 1.82) is 0 Å². The van der Waals surface area contributed by atoms with E-state index in [2.05, 4.69) is 16.5 Å². The van der Waals surface area contributed by atoms with Crippen LogP contribution in [0.5, 0.6) is 0 Å². The summed E-state index contributed by atoms with van der Waals surface area (Å²) in [6.45, 7) is 13.7. The summed E-state index contributed by atoms with van der Waals surface area (Å²) in [5.74, 6) is -4.13. The van der Waals surface area contributed by atoms with E-state index in [1.54, 1.807) is 13.0 Å². The van der Waals surface area contributed by atoms with Gasteiger partial charge in [0.1, 0.15) is 0 Å². The number of rotatable bonds is 8. The smallest absolute Gasteiger partial charge is 0.338 e. The Balaban J connectivity index is 2.04. The summed E-state index contributed by atoms with van der Waals surface area (Å²) >= 11 is 0. The van der Waals surface area contributed by atoms with Crippen molar-refractivity contribution in [3.63, 3.8) is 0 Å². The Labute approximate surface area is 254 Å². The van der Waals surface area contributed by atoms with E-state index < -0.39 is 30.2 Å². The first-order chi connectivity index (χ1) is 20.9. The molecule has 0 radical (unpaired) electrons. The summed E-state index contributed by atoms with van der Waals surface area (Å²) < 4.78 is 0. The minimum atomic E-state index is -1.23. The van der Waals surface area contributed by atoms with Crippen LogP contribution in [0, 0.1) is 13.8 Å². The number of hydrogen-bond donors (Lipinski definition) is 5. The maximum atomic E-state index is 12.7. The van der Waals surface area contributed by atoms with Crippen LogP contribution < -0.4 is 0 Å². The summed E-state index contributed by atoms with van der Waals surface area (Å²) in [6, 6.07) is 5.75. The average Bonchev–Trinajstić information content (AvgIpc) is 3.63. The maximum Gasteiger partial charge on any atom is 0.338 e. The standard InChI is InChI=1S/C34H36N4O6/c1-7-19-15(3)23-12-25-17(5)21(9-10-29(39)40)32(37-25)22(11-30(41)42)33-31(34(43)44)18(6)26(38-33)14-28-20(8-2)16(4)24(36-28)13-27(19)35-23/h7,12-14,17,21,35-36H,1,8-11H2,2-6H3,(H,39,40)(H,41,42)(H,43,44)/t17?,21-/m0/s1.